The maximum Gasteiger partial charge on any atom is 0.0655 e. The van der Waals surface area contributed by atoms with Crippen LogP contribution in [0, 0.1) is 35.0 Å². The molecule has 2 fully saturated rings. The molecule has 2 saturated carbocycles. The van der Waals surface area contributed by atoms with Gasteiger partial charge in [0.05, 0.1) is 6.07 Å². The fourth-order valence-corrected chi connectivity index (χ4v) is 4.75. The highest BCUT2D eigenvalue weighted by atomic mass is 14.3. The zero-order valence-electron chi connectivity index (χ0n) is 16.0. The summed E-state index contributed by atoms with van der Waals surface area (Å²) in [5, 5.41) is 9.00. The molecule has 2 rings (SSSR count). The molecule has 0 unspecified atom stereocenters. The Morgan fingerprint density at radius 1 is 0.750 bits per heavy atom. The van der Waals surface area contributed by atoms with Crippen LogP contribution in [0.2, 0.25) is 0 Å². The molecule has 0 aromatic heterocycles. The largest absolute Gasteiger partial charge is 0.198 e. The van der Waals surface area contributed by atoms with Gasteiger partial charge in [-0.1, -0.05) is 70.4 Å². The Morgan fingerprint density at radius 2 is 1.25 bits per heavy atom. The molecular weight excluding hydrogens is 290 g/mol. The predicted molar refractivity (Wildman–Crippen MR) is 104 cm³/mol. The summed E-state index contributed by atoms with van der Waals surface area (Å²) in [5.74, 6) is 3.31. The highest BCUT2D eigenvalue weighted by molar-refractivity contribution is 4.87. The van der Waals surface area contributed by atoms with E-state index in [-0.39, 0.29) is 0 Å². The van der Waals surface area contributed by atoms with Crippen LogP contribution in [-0.4, -0.2) is 0 Å². The minimum Gasteiger partial charge on any atom is -0.198 e. The van der Waals surface area contributed by atoms with Gasteiger partial charge in [0, 0.05) is 5.92 Å². The first kappa shape index (κ1) is 19.6. The van der Waals surface area contributed by atoms with E-state index in [4.69, 9.17) is 5.26 Å². The van der Waals surface area contributed by atoms with E-state index in [0.717, 1.165) is 17.8 Å². The third kappa shape index (κ3) is 7.42. The molecule has 24 heavy (non-hydrogen) atoms. The van der Waals surface area contributed by atoms with Crippen LogP contribution in [0.3, 0.4) is 0 Å². The van der Waals surface area contributed by atoms with Crippen molar-refractivity contribution in [2.75, 3.05) is 0 Å². The van der Waals surface area contributed by atoms with Gasteiger partial charge in [-0.05, 0) is 62.7 Å². The monoisotopic (exact) mass is 329 g/mol. The van der Waals surface area contributed by atoms with Gasteiger partial charge in [0.25, 0.3) is 0 Å². The van der Waals surface area contributed by atoms with Gasteiger partial charge >= 0.3 is 0 Å². The van der Waals surface area contributed by atoms with Crippen LogP contribution >= 0.6 is 0 Å². The highest BCUT2D eigenvalue weighted by Gasteiger charge is 2.24. The van der Waals surface area contributed by atoms with E-state index in [2.05, 4.69) is 25.1 Å². The minimum absolute atomic E-state index is 0.368. The van der Waals surface area contributed by atoms with Gasteiger partial charge in [0.1, 0.15) is 0 Å². The van der Waals surface area contributed by atoms with Gasteiger partial charge in [-0.25, -0.2) is 0 Å². The Bertz CT molecular complexity index is 375. The number of hydrogen-bond acceptors (Lipinski definition) is 1. The summed E-state index contributed by atoms with van der Waals surface area (Å²) in [6, 6.07) is 2.46. The molecular formula is C23H39N. The predicted octanol–water partition coefficient (Wildman–Crippen LogP) is 7.43. The van der Waals surface area contributed by atoms with Crippen molar-refractivity contribution in [3.05, 3.63) is 12.2 Å². The van der Waals surface area contributed by atoms with E-state index in [9.17, 15) is 0 Å². The lowest BCUT2D eigenvalue weighted by Gasteiger charge is -2.30. The maximum atomic E-state index is 9.00. The topological polar surface area (TPSA) is 23.8 Å². The third-order valence-electron chi connectivity index (χ3n) is 6.61. The normalized spacial score (nSPS) is 31.2. The van der Waals surface area contributed by atoms with Gasteiger partial charge in [-0.15, -0.1) is 0 Å². The van der Waals surface area contributed by atoms with Crippen LogP contribution in [0.25, 0.3) is 0 Å². The Balaban J connectivity index is 1.50. The molecule has 0 saturated heterocycles. The molecule has 0 radical (unpaired) electrons. The molecule has 0 atom stereocenters. The van der Waals surface area contributed by atoms with Gasteiger partial charge < -0.3 is 0 Å². The van der Waals surface area contributed by atoms with E-state index in [0.29, 0.717) is 5.92 Å². The maximum absolute atomic E-state index is 9.00. The molecule has 0 heterocycles. The summed E-state index contributed by atoms with van der Waals surface area (Å²) >= 11 is 0. The summed E-state index contributed by atoms with van der Waals surface area (Å²) in [4.78, 5) is 0. The standard InChI is InChI=1S/C23H39N/c1-2-3-4-5-6-7-8-20-9-11-21(12-10-20)13-14-22-15-17-23(19-24)18-16-22/h5-6,20-23H,2-4,7-18H2,1H3/b6-5+. The number of allylic oxidation sites excluding steroid dienone is 2. The second-order valence-electron chi connectivity index (χ2n) is 8.50. The molecule has 1 nitrogen and oxygen atoms in total. The smallest absolute Gasteiger partial charge is 0.0655 e. The Hall–Kier alpha value is -0.770. The van der Waals surface area contributed by atoms with Crippen molar-refractivity contribution in [1.29, 1.82) is 5.26 Å². The zero-order valence-corrected chi connectivity index (χ0v) is 16.0. The third-order valence-corrected chi connectivity index (χ3v) is 6.61. The van der Waals surface area contributed by atoms with Crippen LogP contribution in [0.4, 0.5) is 0 Å². The number of rotatable bonds is 9. The number of nitriles is 1. The lowest BCUT2D eigenvalue weighted by atomic mass is 9.75. The Labute approximate surface area is 150 Å². The molecule has 136 valence electrons. The number of nitrogens with zero attached hydrogens (tertiary/aromatic N) is 1. The van der Waals surface area contributed by atoms with Crippen molar-refractivity contribution in [3.63, 3.8) is 0 Å². The lowest BCUT2D eigenvalue weighted by molar-refractivity contribution is 0.223. The van der Waals surface area contributed by atoms with Crippen molar-refractivity contribution in [2.45, 2.75) is 103 Å². The summed E-state index contributed by atoms with van der Waals surface area (Å²) in [6.45, 7) is 2.27. The molecule has 0 aliphatic heterocycles. The molecule has 0 amide bonds. The van der Waals surface area contributed by atoms with Crippen molar-refractivity contribution < 1.29 is 0 Å². The van der Waals surface area contributed by atoms with Crippen LogP contribution < -0.4 is 0 Å². The molecule has 0 bridgehead atoms. The summed E-state index contributed by atoms with van der Waals surface area (Å²) < 4.78 is 0. The van der Waals surface area contributed by atoms with Crippen LogP contribution in [0.15, 0.2) is 12.2 Å². The first-order valence-electron chi connectivity index (χ1n) is 10.9. The van der Waals surface area contributed by atoms with Crippen molar-refractivity contribution >= 4 is 0 Å². The first-order valence-corrected chi connectivity index (χ1v) is 10.9. The Morgan fingerprint density at radius 3 is 1.79 bits per heavy atom. The van der Waals surface area contributed by atoms with Gasteiger partial charge in [0.15, 0.2) is 0 Å². The van der Waals surface area contributed by atoms with Crippen LogP contribution in [0.1, 0.15) is 103 Å². The average molecular weight is 330 g/mol. The van der Waals surface area contributed by atoms with Gasteiger partial charge in [-0.3, -0.25) is 0 Å². The molecule has 2 aliphatic carbocycles. The highest BCUT2D eigenvalue weighted by Crippen LogP contribution is 2.37. The quantitative estimate of drug-likeness (QED) is 0.319. The molecule has 0 aromatic rings. The molecule has 0 N–H and O–H groups in total. The van der Waals surface area contributed by atoms with E-state index in [1.807, 2.05) is 0 Å². The summed E-state index contributed by atoms with van der Waals surface area (Å²) in [6.07, 6.45) is 25.3. The molecule has 0 aromatic carbocycles. The first-order chi connectivity index (χ1) is 11.8. The van der Waals surface area contributed by atoms with E-state index in [1.165, 1.54) is 96.3 Å². The van der Waals surface area contributed by atoms with E-state index in [1.54, 1.807) is 0 Å². The van der Waals surface area contributed by atoms with Crippen molar-refractivity contribution in [3.8, 4) is 6.07 Å². The Kier molecular flexibility index (Phi) is 9.55. The molecule has 2 aliphatic rings. The van der Waals surface area contributed by atoms with Crippen LogP contribution in [0.5, 0.6) is 0 Å². The van der Waals surface area contributed by atoms with Gasteiger partial charge in [0.2, 0.25) is 0 Å². The number of unbranched alkanes of at least 4 members (excludes halogenated alkanes) is 2. The zero-order chi connectivity index (χ0) is 17.0. The molecule has 1 heteroatoms. The van der Waals surface area contributed by atoms with Crippen LogP contribution in [-0.2, 0) is 0 Å². The van der Waals surface area contributed by atoms with Gasteiger partial charge in [-0.2, -0.15) is 5.26 Å². The van der Waals surface area contributed by atoms with Crippen molar-refractivity contribution in [2.24, 2.45) is 23.7 Å². The average Bonchev–Trinajstić information content (AvgIpc) is 2.64. The second kappa shape index (κ2) is 11.7. The minimum atomic E-state index is 0.368. The summed E-state index contributed by atoms with van der Waals surface area (Å²) in [7, 11) is 0. The molecule has 0 spiro atoms. The summed E-state index contributed by atoms with van der Waals surface area (Å²) in [5.41, 5.74) is 0. The SMILES string of the molecule is CCCC/C=C/CCC1CCC(CCC2CCC(C#N)CC2)CC1. The lowest BCUT2D eigenvalue weighted by Crippen LogP contribution is -2.17. The van der Waals surface area contributed by atoms with E-state index >= 15 is 0 Å². The number of hydrogen-bond donors (Lipinski definition) is 0. The fraction of sp³-hybridized carbons (Fsp3) is 0.870. The second-order valence-corrected chi connectivity index (χ2v) is 8.50. The fourth-order valence-electron chi connectivity index (χ4n) is 4.75. The van der Waals surface area contributed by atoms with Crippen molar-refractivity contribution in [1.82, 2.24) is 0 Å². The van der Waals surface area contributed by atoms with E-state index < -0.39 is 0 Å².